The van der Waals surface area contributed by atoms with Crippen LogP contribution < -0.4 is 11.3 Å². The second-order valence-electron chi connectivity index (χ2n) is 4.48. The van der Waals surface area contributed by atoms with E-state index >= 15 is 0 Å². The van der Waals surface area contributed by atoms with Crippen LogP contribution in [0.2, 0.25) is 0 Å². The van der Waals surface area contributed by atoms with Gasteiger partial charge in [0.1, 0.15) is 5.76 Å². The van der Waals surface area contributed by atoms with Gasteiger partial charge in [-0.2, -0.15) is 0 Å². The number of nitrogens with one attached hydrogen (secondary N) is 1. The maximum atomic E-state index is 5.60. The minimum atomic E-state index is -0.0154. The van der Waals surface area contributed by atoms with Gasteiger partial charge in [-0.25, -0.2) is 5.43 Å². The van der Waals surface area contributed by atoms with E-state index in [1.165, 1.54) is 16.7 Å². The highest BCUT2D eigenvalue weighted by Gasteiger charge is 2.14. The zero-order valence-electron chi connectivity index (χ0n) is 10.5. The summed E-state index contributed by atoms with van der Waals surface area (Å²) in [5.41, 5.74) is 6.64. The zero-order valence-corrected chi connectivity index (χ0v) is 12.1. The predicted octanol–water partition coefficient (Wildman–Crippen LogP) is 3.41. The first-order valence-electron chi connectivity index (χ1n) is 5.87. The van der Waals surface area contributed by atoms with Crippen molar-refractivity contribution in [1.82, 2.24) is 5.43 Å². The van der Waals surface area contributed by atoms with Gasteiger partial charge in [0.2, 0.25) is 0 Å². The minimum absolute atomic E-state index is 0.0154. The van der Waals surface area contributed by atoms with Crippen LogP contribution in [0.1, 0.15) is 28.5 Å². The van der Waals surface area contributed by atoms with Crippen molar-refractivity contribution in [3.05, 3.63) is 57.5 Å². The summed E-state index contributed by atoms with van der Waals surface area (Å²) >= 11 is 3.30. The van der Waals surface area contributed by atoms with Crippen molar-refractivity contribution in [2.45, 2.75) is 26.3 Å². The van der Waals surface area contributed by atoms with Crippen molar-refractivity contribution in [2.24, 2.45) is 5.84 Å². The molecule has 2 aromatic rings. The van der Waals surface area contributed by atoms with E-state index in [9.17, 15) is 0 Å². The number of aryl methyl sites for hydroxylation is 2. The molecule has 2 rings (SSSR count). The molecular formula is C14H17BrN2O. The standard InChI is InChI=1S/C14H17BrN2O/c1-9-3-4-11(7-10(9)2)8-12(17-16)13-5-6-14(15)18-13/h3-7,12,17H,8,16H2,1-2H3. The average Bonchev–Trinajstić information content (AvgIpc) is 2.77. The number of rotatable bonds is 4. The van der Waals surface area contributed by atoms with E-state index in [0.717, 1.165) is 16.9 Å². The van der Waals surface area contributed by atoms with Gasteiger partial charge >= 0.3 is 0 Å². The smallest absolute Gasteiger partial charge is 0.169 e. The molecule has 3 nitrogen and oxygen atoms in total. The van der Waals surface area contributed by atoms with Crippen LogP contribution >= 0.6 is 15.9 Å². The van der Waals surface area contributed by atoms with Gasteiger partial charge in [-0.1, -0.05) is 18.2 Å². The first-order chi connectivity index (χ1) is 8.60. The quantitative estimate of drug-likeness (QED) is 0.672. The number of hydrazine groups is 1. The lowest BCUT2D eigenvalue weighted by Gasteiger charge is -2.14. The molecule has 0 radical (unpaired) electrons. The van der Waals surface area contributed by atoms with E-state index in [1.807, 2.05) is 12.1 Å². The zero-order chi connectivity index (χ0) is 13.1. The molecule has 96 valence electrons. The number of nitrogens with two attached hydrogens (primary N) is 1. The molecule has 4 heteroatoms. The Morgan fingerprint density at radius 2 is 2.00 bits per heavy atom. The Balaban J connectivity index is 2.17. The lowest BCUT2D eigenvalue weighted by atomic mass is 10.00. The normalized spacial score (nSPS) is 12.7. The topological polar surface area (TPSA) is 51.2 Å². The fourth-order valence-electron chi connectivity index (χ4n) is 1.92. The Labute approximate surface area is 115 Å². The Morgan fingerprint density at radius 1 is 1.22 bits per heavy atom. The average molecular weight is 309 g/mol. The molecule has 1 aromatic carbocycles. The van der Waals surface area contributed by atoms with E-state index < -0.39 is 0 Å². The number of benzene rings is 1. The molecule has 0 saturated heterocycles. The minimum Gasteiger partial charge on any atom is -0.453 e. The lowest BCUT2D eigenvalue weighted by molar-refractivity contribution is 0.404. The fraction of sp³-hybridized carbons (Fsp3) is 0.286. The largest absolute Gasteiger partial charge is 0.453 e. The van der Waals surface area contributed by atoms with Crippen LogP contribution in [0.3, 0.4) is 0 Å². The number of furan rings is 1. The molecule has 0 fully saturated rings. The van der Waals surface area contributed by atoms with E-state index in [4.69, 9.17) is 10.3 Å². The molecule has 3 N–H and O–H groups in total. The third-order valence-corrected chi connectivity index (χ3v) is 3.58. The fourth-order valence-corrected chi connectivity index (χ4v) is 2.24. The first-order valence-corrected chi connectivity index (χ1v) is 6.67. The van der Waals surface area contributed by atoms with Gasteiger partial charge in [0, 0.05) is 0 Å². The van der Waals surface area contributed by atoms with Crippen molar-refractivity contribution in [3.8, 4) is 0 Å². The van der Waals surface area contributed by atoms with Crippen LogP contribution in [0.25, 0.3) is 0 Å². The van der Waals surface area contributed by atoms with Crippen LogP contribution in [0, 0.1) is 13.8 Å². The second kappa shape index (κ2) is 5.69. The van der Waals surface area contributed by atoms with Crippen LogP contribution in [0.5, 0.6) is 0 Å². The van der Waals surface area contributed by atoms with Gasteiger partial charge < -0.3 is 4.42 Å². The highest BCUT2D eigenvalue weighted by molar-refractivity contribution is 9.10. The van der Waals surface area contributed by atoms with Crippen LogP contribution in [-0.2, 0) is 6.42 Å². The summed E-state index contributed by atoms with van der Waals surface area (Å²) in [6.07, 6.45) is 0.803. The Bertz CT molecular complexity index is 536. The van der Waals surface area contributed by atoms with E-state index in [-0.39, 0.29) is 6.04 Å². The van der Waals surface area contributed by atoms with Crippen LogP contribution in [0.15, 0.2) is 39.4 Å². The van der Waals surface area contributed by atoms with Crippen molar-refractivity contribution >= 4 is 15.9 Å². The van der Waals surface area contributed by atoms with Crippen LogP contribution in [-0.4, -0.2) is 0 Å². The van der Waals surface area contributed by atoms with Gasteiger partial charge in [0.15, 0.2) is 4.67 Å². The van der Waals surface area contributed by atoms with E-state index in [2.05, 4.69) is 53.4 Å². The van der Waals surface area contributed by atoms with Gasteiger partial charge in [-0.05, 0) is 65.0 Å². The van der Waals surface area contributed by atoms with E-state index in [0.29, 0.717) is 0 Å². The summed E-state index contributed by atoms with van der Waals surface area (Å²) in [6.45, 7) is 4.23. The molecule has 1 atom stereocenters. The highest BCUT2D eigenvalue weighted by Crippen LogP contribution is 2.23. The molecule has 0 aliphatic heterocycles. The Hall–Kier alpha value is -1.10. The highest BCUT2D eigenvalue weighted by atomic mass is 79.9. The maximum absolute atomic E-state index is 5.60. The number of halogens is 1. The summed E-state index contributed by atoms with van der Waals surface area (Å²) in [4.78, 5) is 0. The molecule has 0 aliphatic carbocycles. The number of hydrogen-bond donors (Lipinski definition) is 2. The first kappa shape index (κ1) is 13.3. The molecule has 0 amide bonds. The summed E-state index contributed by atoms with van der Waals surface area (Å²) in [7, 11) is 0. The van der Waals surface area contributed by atoms with Crippen molar-refractivity contribution < 1.29 is 4.42 Å². The maximum Gasteiger partial charge on any atom is 0.169 e. The molecule has 18 heavy (non-hydrogen) atoms. The molecular weight excluding hydrogens is 292 g/mol. The van der Waals surface area contributed by atoms with Crippen molar-refractivity contribution in [3.63, 3.8) is 0 Å². The number of hydrogen-bond acceptors (Lipinski definition) is 3. The van der Waals surface area contributed by atoms with Crippen molar-refractivity contribution in [1.29, 1.82) is 0 Å². The summed E-state index contributed by atoms with van der Waals surface area (Å²) in [5, 5.41) is 0. The molecule has 0 bridgehead atoms. The van der Waals surface area contributed by atoms with Crippen LogP contribution in [0.4, 0.5) is 0 Å². The second-order valence-corrected chi connectivity index (χ2v) is 5.27. The van der Waals surface area contributed by atoms with Gasteiger partial charge in [-0.3, -0.25) is 5.84 Å². The summed E-state index contributed by atoms with van der Waals surface area (Å²) in [6, 6.07) is 10.2. The summed E-state index contributed by atoms with van der Waals surface area (Å²) < 4.78 is 6.26. The predicted molar refractivity (Wildman–Crippen MR) is 76.1 cm³/mol. The molecule has 1 aromatic heterocycles. The molecule has 1 unspecified atom stereocenters. The van der Waals surface area contributed by atoms with Gasteiger partial charge in [0.25, 0.3) is 0 Å². The third kappa shape index (κ3) is 3.02. The third-order valence-electron chi connectivity index (χ3n) is 3.15. The Kier molecular flexibility index (Phi) is 4.22. The molecule has 1 heterocycles. The Morgan fingerprint density at radius 3 is 2.56 bits per heavy atom. The summed E-state index contributed by atoms with van der Waals surface area (Å²) in [5.74, 6) is 6.44. The van der Waals surface area contributed by atoms with Gasteiger partial charge in [0.05, 0.1) is 6.04 Å². The monoisotopic (exact) mass is 308 g/mol. The van der Waals surface area contributed by atoms with E-state index in [1.54, 1.807) is 0 Å². The van der Waals surface area contributed by atoms with Crippen molar-refractivity contribution in [2.75, 3.05) is 0 Å². The SMILES string of the molecule is Cc1ccc(CC(NN)c2ccc(Br)o2)cc1C. The lowest BCUT2D eigenvalue weighted by Crippen LogP contribution is -2.29. The molecule has 0 spiro atoms. The van der Waals surface area contributed by atoms with Gasteiger partial charge in [-0.15, -0.1) is 0 Å². The molecule has 0 saturated carbocycles. The molecule has 0 aliphatic rings.